The number of ketones is 1. The molecule has 2 rings (SSSR count). The van der Waals surface area contributed by atoms with Gasteiger partial charge in [0, 0.05) is 19.2 Å². The van der Waals surface area contributed by atoms with Gasteiger partial charge in [-0.25, -0.2) is 0 Å². The van der Waals surface area contributed by atoms with Crippen LogP contribution in [0.1, 0.15) is 24.2 Å². The van der Waals surface area contributed by atoms with Crippen molar-refractivity contribution in [1.29, 1.82) is 0 Å². The summed E-state index contributed by atoms with van der Waals surface area (Å²) in [5.74, 6) is -0.0726. The molecule has 1 aromatic heterocycles. The first-order valence-corrected chi connectivity index (χ1v) is 5.27. The first kappa shape index (κ1) is 10.7. The second-order valence-electron chi connectivity index (χ2n) is 3.80. The third kappa shape index (κ3) is 1.30. The highest BCUT2D eigenvalue weighted by atomic mass is 16.1. The summed E-state index contributed by atoms with van der Waals surface area (Å²) in [6.07, 6.45) is 0. The third-order valence-corrected chi connectivity index (χ3v) is 2.88. The van der Waals surface area contributed by atoms with Gasteiger partial charge in [-0.1, -0.05) is 12.1 Å². The van der Waals surface area contributed by atoms with Crippen molar-refractivity contribution in [2.75, 3.05) is 0 Å². The van der Waals surface area contributed by atoms with E-state index in [0.717, 1.165) is 5.52 Å². The second-order valence-corrected chi connectivity index (χ2v) is 3.80. The van der Waals surface area contributed by atoms with Crippen LogP contribution in [0.2, 0.25) is 0 Å². The molecule has 0 saturated carbocycles. The molecule has 0 aliphatic carbocycles. The summed E-state index contributed by atoms with van der Waals surface area (Å²) >= 11 is 0. The largest absolute Gasteiger partial charge is 0.294 e. The summed E-state index contributed by atoms with van der Waals surface area (Å²) in [5, 5.41) is 0.527. The monoisotopic (exact) mass is 218 g/mol. The zero-order chi connectivity index (χ0) is 11.9. The Kier molecular flexibility index (Phi) is 2.42. The first-order valence-electron chi connectivity index (χ1n) is 5.27. The van der Waals surface area contributed by atoms with E-state index in [-0.39, 0.29) is 11.3 Å². The first-order chi connectivity index (χ1) is 7.57. The van der Waals surface area contributed by atoms with Crippen molar-refractivity contribution in [2.24, 2.45) is 7.05 Å². The molecule has 4 nitrogen and oxygen atoms in total. The van der Waals surface area contributed by atoms with Gasteiger partial charge in [0.1, 0.15) is 0 Å². The van der Waals surface area contributed by atoms with Gasteiger partial charge in [0.2, 0.25) is 0 Å². The van der Waals surface area contributed by atoms with Gasteiger partial charge in [0.05, 0.1) is 10.9 Å². The van der Waals surface area contributed by atoms with Crippen LogP contribution in [0, 0.1) is 0 Å². The molecule has 0 bridgehead atoms. The summed E-state index contributed by atoms with van der Waals surface area (Å²) < 4.78 is 3.42. The number of aryl methyl sites for hydroxylation is 1. The summed E-state index contributed by atoms with van der Waals surface area (Å²) in [7, 11) is 1.83. The lowest BCUT2D eigenvalue weighted by atomic mass is 10.1. The minimum atomic E-state index is -0.0919. The Morgan fingerprint density at radius 1 is 1.38 bits per heavy atom. The van der Waals surface area contributed by atoms with Gasteiger partial charge < -0.3 is 0 Å². The highest BCUT2D eigenvalue weighted by molar-refractivity contribution is 6.06. The molecule has 16 heavy (non-hydrogen) atoms. The summed E-state index contributed by atoms with van der Waals surface area (Å²) in [4.78, 5) is 23.6. The molecule has 0 saturated heterocycles. The standard InChI is InChI=1S/C12H14N2O2/c1-4-14-12(16)11-9(8(2)15)6-5-7-10(11)13(14)3/h5-7H,4H2,1-3H3. The van der Waals surface area contributed by atoms with E-state index >= 15 is 0 Å². The highest BCUT2D eigenvalue weighted by Crippen LogP contribution is 2.15. The number of fused-ring (bicyclic) bond motifs is 1. The maximum absolute atomic E-state index is 12.1. The number of nitrogens with zero attached hydrogens (tertiary/aromatic N) is 2. The molecule has 0 atom stereocenters. The number of carbonyl (C=O) groups excluding carboxylic acids is 1. The molecule has 84 valence electrons. The normalized spacial score (nSPS) is 10.9. The summed E-state index contributed by atoms with van der Waals surface area (Å²) in [6.45, 7) is 3.99. The molecule has 0 aliphatic rings. The fourth-order valence-electron chi connectivity index (χ4n) is 2.08. The Morgan fingerprint density at radius 3 is 2.62 bits per heavy atom. The van der Waals surface area contributed by atoms with E-state index in [9.17, 15) is 9.59 Å². The maximum Gasteiger partial charge on any atom is 0.275 e. The molecule has 2 aromatic rings. The Morgan fingerprint density at radius 2 is 2.06 bits per heavy atom. The molecule has 0 amide bonds. The Hall–Kier alpha value is -1.84. The van der Waals surface area contributed by atoms with Crippen LogP contribution < -0.4 is 5.56 Å². The van der Waals surface area contributed by atoms with E-state index in [1.54, 1.807) is 21.5 Å². The van der Waals surface area contributed by atoms with Crippen LogP contribution >= 0.6 is 0 Å². The topological polar surface area (TPSA) is 44.0 Å². The molecule has 0 fully saturated rings. The molecule has 4 heteroatoms. The van der Waals surface area contributed by atoms with Crippen LogP contribution in [0.4, 0.5) is 0 Å². The predicted octanol–water partition coefficient (Wildman–Crippen LogP) is 1.56. The maximum atomic E-state index is 12.1. The fourth-order valence-corrected chi connectivity index (χ4v) is 2.08. The van der Waals surface area contributed by atoms with Gasteiger partial charge in [-0.3, -0.25) is 19.0 Å². The van der Waals surface area contributed by atoms with Crippen molar-refractivity contribution < 1.29 is 4.79 Å². The van der Waals surface area contributed by atoms with Crippen LogP contribution in [0.5, 0.6) is 0 Å². The van der Waals surface area contributed by atoms with E-state index in [1.165, 1.54) is 6.92 Å². The van der Waals surface area contributed by atoms with E-state index in [0.29, 0.717) is 17.5 Å². The zero-order valence-electron chi connectivity index (χ0n) is 9.65. The number of aromatic nitrogens is 2. The average Bonchev–Trinajstić information content (AvgIpc) is 2.51. The third-order valence-electron chi connectivity index (χ3n) is 2.88. The molecular formula is C12H14N2O2. The zero-order valence-corrected chi connectivity index (χ0v) is 9.65. The molecule has 0 N–H and O–H groups in total. The molecular weight excluding hydrogens is 204 g/mol. The van der Waals surface area contributed by atoms with Crippen molar-refractivity contribution in [3.8, 4) is 0 Å². The van der Waals surface area contributed by atoms with Gasteiger partial charge in [0.15, 0.2) is 5.78 Å². The van der Waals surface area contributed by atoms with Gasteiger partial charge in [-0.05, 0) is 19.9 Å². The fraction of sp³-hybridized carbons (Fsp3) is 0.333. The number of benzene rings is 1. The van der Waals surface area contributed by atoms with Crippen LogP contribution in [0.3, 0.4) is 0 Å². The van der Waals surface area contributed by atoms with Crippen molar-refractivity contribution in [3.63, 3.8) is 0 Å². The summed E-state index contributed by atoms with van der Waals surface area (Å²) in [6, 6.07) is 5.36. The lowest BCUT2D eigenvalue weighted by Crippen LogP contribution is -2.20. The Labute approximate surface area is 93.1 Å². The quantitative estimate of drug-likeness (QED) is 0.718. The van der Waals surface area contributed by atoms with Crippen LogP contribution in [0.25, 0.3) is 10.9 Å². The Bertz CT molecular complexity index is 620. The molecule has 1 aromatic carbocycles. The molecule has 1 heterocycles. The van der Waals surface area contributed by atoms with Crippen LogP contribution in [-0.4, -0.2) is 15.1 Å². The van der Waals surface area contributed by atoms with Crippen molar-refractivity contribution in [1.82, 2.24) is 9.36 Å². The Balaban J connectivity index is 2.99. The minimum Gasteiger partial charge on any atom is -0.294 e. The average molecular weight is 218 g/mol. The highest BCUT2D eigenvalue weighted by Gasteiger charge is 2.14. The minimum absolute atomic E-state index is 0.0726. The second kappa shape index (κ2) is 3.63. The van der Waals surface area contributed by atoms with Crippen molar-refractivity contribution in [3.05, 3.63) is 34.1 Å². The molecule has 0 unspecified atom stereocenters. The summed E-state index contributed by atoms with van der Waals surface area (Å²) in [5.41, 5.74) is 1.22. The van der Waals surface area contributed by atoms with Crippen LogP contribution in [0.15, 0.2) is 23.0 Å². The number of hydrogen-bond donors (Lipinski definition) is 0. The number of rotatable bonds is 2. The number of hydrogen-bond acceptors (Lipinski definition) is 2. The lowest BCUT2D eigenvalue weighted by molar-refractivity contribution is 0.101. The van der Waals surface area contributed by atoms with Gasteiger partial charge in [-0.2, -0.15) is 0 Å². The van der Waals surface area contributed by atoms with E-state index in [2.05, 4.69) is 0 Å². The van der Waals surface area contributed by atoms with Gasteiger partial charge >= 0.3 is 0 Å². The predicted molar refractivity (Wildman–Crippen MR) is 62.9 cm³/mol. The lowest BCUT2D eigenvalue weighted by Gasteiger charge is -2.02. The van der Waals surface area contributed by atoms with Gasteiger partial charge in [-0.15, -0.1) is 0 Å². The van der Waals surface area contributed by atoms with Crippen molar-refractivity contribution in [2.45, 2.75) is 20.4 Å². The van der Waals surface area contributed by atoms with Crippen molar-refractivity contribution >= 4 is 16.7 Å². The molecule has 0 spiro atoms. The number of carbonyl (C=O) groups is 1. The number of Topliss-reactive ketones (excluding diaryl/α,β-unsaturated/α-hetero) is 1. The van der Waals surface area contributed by atoms with E-state index in [4.69, 9.17) is 0 Å². The smallest absolute Gasteiger partial charge is 0.275 e. The molecule has 0 radical (unpaired) electrons. The SMILES string of the molecule is CCn1c(=O)c2c(C(C)=O)cccc2n1C. The van der Waals surface area contributed by atoms with E-state index < -0.39 is 0 Å². The van der Waals surface area contributed by atoms with Gasteiger partial charge in [0.25, 0.3) is 5.56 Å². The van der Waals surface area contributed by atoms with Crippen LogP contribution in [-0.2, 0) is 13.6 Å². The van der Waals surface area contributed by atoms with E-state index in [1.807, 2.05) is 20.0 Å². The molecule has 0 aliphatic heterocycles.